The minimum Gasteiger partial charge on any atom is -0.337 e. The van der Waals surface area contributed by atoms with E-state index < -0.39 is 10.8 Å². The summed E-state index contributed by atoms with van der Waals surface area (Å²) in [6, 6.07) is 24.3. The molecule has 0 saturated carbocycles. The molecule has 1 heterocycles. The zero-order chi connectivity index (χ0) is 35.8. The van der Waals surface area contributed by atoms with Crippen molar-refractivity contribution in [2.24, 2.45) is 45.8 Å². The monoisotopic (exact) mass is 658 g/mol. The summed E-state index contributed by atoms with van der Waals surface area (Å²) in [6.45, 7) is 24.8. The topological polar surface area (TPSA) is 44.1 Å². The molecule has 2 aromatic rings. The van der Waals surface area contributed by atoms with Gasteiger partial charge in [-0.25, -0.2) is 0 Å². The molecule has 262 valence electrons. The van der Waals surface area contributed by atoms with Crippen LogP contribution in [0.15, 0.2) is 95.6 Å². The summed E-state index contributed by atoms with van der Waals surface area (Å²) in [4.78, 5) is 18.0. The number of hydrogen-bond donors (Lipinski definition) is 0. The van der Waals surface area contributed by atoms with Gasteiger partial charge in [-0.05, 0) is 59.5 Å². The predicted molar refractivity (Wildman–Crippen MR) is 204 cm³/mol. The molecule has 3 aliphatic rings. The van der Waals surface area contributed by atoms with Crippen LogP contribution >= 0.6 is 0 Å². The number of hydrogen-bond acceptors (Lipinski definition) is 2. The third-order valence-corrected chi connectivity index (χ3v) is 13.6. The van der Waals surface area contributed by atoms with Gasteiger partial charge in [-0.1, -0.05) is 171 Å². The number of allylic oxidation sites excluding steroid dienone is 4. The van der Waals surface area contributed by atoms with Gasteiger partial charge in [0.15, 0.2) is 0 Å². The van der Waals surface area contributed by atoms with Crippen LogP contribution in [0, 0.1) is 57.2 Å². The molecule has 3 nitrogen and oxygen atoms in total. The Hall–Kier alpha value is -3.38. The molecule has 1 fully saturated rings. The first-order valence-corrected chi connectivity index (χ1v) is 19.1. The van der Waals surface area contributed by atoms with Crippen molar-refractivity contribution in [3.05, 3.63) is 107 Å². The molecule has 49 heavy (non-hydrogen) atoms. The number of nitriles is 1. The minimum absolute atomic E-state index is 0.168. The van der Waals surface area contributed by atoms with Crippen LogP contribution in [0.1, 0.15) is 112 Å². The smallest absolute Gasteiger partial charge is 0.229 e. The predicted octanol–water partition coefficient (Wildman–Crippen LogP) is 11.5. The van der Waals surface area contributed by atoms with Gasteiger partial charge in [0, 0.05) is 36.3 Å². The van der Waals surface area contributed by atoms with Crippen molar-refractivity contribution in [1.82, 2.24) is 4.90 Å². The second kappa shape index (κ2) is 14.1. The van der Waals surface area contributed by atoms with Crippen molar-refractivity contribution < 1.29 is 4.79 Å². The average molecular weight is 659 g/mol. The van der Waals surface area contributed by atoms with Crippen molar-refractivity contribution in [1.29, 1.82) is 5.26 Å². The first-order valence-electron chi connectivity index (χ1n) is 19.1. The highest BCUT2D eigenvalue weighted by Crippen LogP contribution is 2.61. The number of carbonyl (C=O) groups excluding carboxylic acids is 1. The van der Waals surface area contributed by atoms with Crippen LogP contribution in [0.2, 0.25) is 0 Å². The van der Waals surface area contributed by atoms with E-state index in [0.717, 1.165) is 24.8 Å². The van der Waals surface area contributed by atoms with E-state index in [1.165, 1.54) is 11.1 Å². The number of amides is 1. The quantitative estimate of drug-likeness (QED) is 0.252. The van der Waals surface area contributed by atoms with Gasteiger partial charge in [-0.15, -0.1) is 0 Å². The Balaban J connectivity index is 1.86. The molecule has 2 bridgehead atoms. The third-order valence-electron chi connectivity index (χ3n) is 13.6. The summed E-state index contributed by atoms with van der Waals surface area (Å²) in [5.41, 5.74) is 5.48. The molecule has 1 saturated heterocycles. The number of benzene rings is 2. The van der Waals surface area contributed by atoms with E-state index in [-0.39, 0.29) is 28.6 Å². The molecule has 5 rings (SSSR count). The highest BCUT2D eigenvalue weighted by atomic mass is 16.2. The van der Waals surface area contributed by atoms with Gasteiger partial charge >= 0.3 is 0 Å². The first-order chi connectivity index (χ1) is 23.1. The maximum atomic E-state index is 15.8. The second-order valence-electron chi connectivity index (χ2n) is 17.2. The molecular formula is C46H62N2O. The summed E-state index contributed by atoms with van der Waals surface area (Å²) in [6.07, 6.45) is 11.5. The van der Waals surface area contributed by atoms with Crippen molar-refractivity contribution in [3.63, 3.8) is 0 Å². The molecule has 8 unspecified atom stereocenters. The van der Waals surface area contributed by atoms with Crippen LogP contribution < -0.4 is 0 Å². The summed E-state index contributed by atoms with van der Waals surface area (Å²) >= 11 is 0. The van der Waals surface area contributed by atoms with Crippen LogP contribution in [-0.4, -0.2) is 17.4 Å². The van der Waals surface area contributed by atoms with Crippen molar-refractivity contribution in [2.75, 3.05) is 6.54 Å². The van der Waals surface area contributed by atoms with E-state index in [9.17, 15) is 5.26 Å². The fourth-order valence-corrected chi connectivity index (χ4v) is 10.3. The van der Waals surface area contributed by atoms with Crippen molar-refractivity contribution >= 4 is 5.91 Å². The van der Waals surface area contributed by atoms with Crippen molar-refractivity contribution in [2.45, 2.75) is 113 Å². The number of carbonyl (C=O) groups is 1. The maximum Gasteiger partial charge on any atom is 0.229 e. The summed E-state index contributed by atoms with van der Waals surface area (Å²) < 4.78 is 0. The van der Waals surface area contributed by atoms with E-state index in [1.54, 1.807) is 11.1 Å². The van der Waals surface area contributed by atoms with E-state index in [4.69, 9.17) is 0 Å². The summed E-state index contributed by atoms with van der Waals surface area (Å²) in [7, 11) is 0. The zero-order valence-electron chi connectivity index (χ0n) is 32.1. The Morgan fingerprint density at radius 2 is 1.61 bits per heavy atom. The molecule has 0 radical (unpaired) electrons. The van der Waals surface area contributed by atoms with E-state index in [1.807, 2.05) is 0 Å². The van der Waals surface area contributed by atoms with Gasteiger partial charge in [0.1, 0.15) is 0 Å². The molecule has 1 amide bonds. The SMILES string of the molecule is CCC(C)CC1(c2ccccc2)C2=CC(C)C3=C(C2C)C(C)(C=CC3C)CN(Cc2ccccc2)C(=O)C(C)(C(C)(C)CCC#N)CC1C. The second-order valence-corrected chi connectivity index (χ2v) is 17.2. The first kappa shape index (κ1) is 36.9. The lowest BCUT2D eigenvalue weighted by Crippen LogP contribution is -2.53. The molecule has 1 aliphatic heterocycles. The number of rotatable bonds is 9. The molecule has 0 N–H and O–H groups in total. The lowest BCUT2D eigenvalue weighted by molar-refractivity contribution is -0.153. The third kappa shape index (κ3) is 6.51. The van der Waals surface area contributed by atoms with Gasteiger partial charge in [-0.2, -0.15) is 5.26 Å². The Morgan fingerprint density at radius 1 is 0.980 bits per heavy atom. The van der Waals surface area contributed by atoms with Crippen LogP contribution in [0.3, 0.4) is 0 Å². The highest BCUT2D eigenvalue weighted by molar-refractivity contribution is 5.83. The highest BCUT2D eigenvalue weighted by Gasteiger charge is 2.56. The summed E-state index contributed by atoms with van der Waals surface area (Å²) in [5.74, 6) is 1.80. The molecule has 3 heteroatoms. The molecule has 8 atom stereocenters. The Labute approximate surface area is 298 Å². The molecule has 2 aromatic carbocycles. The largest absolute Gasteiger partial charge is 0.337 e. The standard InChI is InChI=1S/C46H62N2O/c1-11-32(2)28-46(38-21-16-13-17-22-38)35(5)29-45(10,43(7,8)24-18-26-47)42(49)48(30-37-19-14-12-15-20-37)31-44(9)25-23-33(3)40-34(4)27-39(46)36(6)41(40)44/h12-17,19-23,25,27,32-36H,11,18,24,28-31H2,1-10H3. The number of nitrogens with zero attached hydrogens (tertiary/aromatic N) is 2. The maximum absolute atomic E-state index is 15.8. The van der Waals surface area contributed by atoms with E-state index in [2.05, 4.69) is 159 Å². The van der Waals surface area contributed by atoms with Crippen LogP contribution in [0.4, 0.5) is 0 Å². The molecule has 2 aliphatic carbocycles. The Morgan fingerprint density at radius 3 is 2.22 bits per heavy atom. The lowest BCUT2D eigenvalue weighted by atomic mass is 9.50. The molecule has 0 aromatic heterocycles. The average Bonchev–Trinajstić information content (AvgIpc) is 3.09. The fraction of sp³-hybridized carbons (Fsp3) is 0.565. The van der Waals surface area contributed by atoms with Crippen molar-refractivity contribution in [3.8, 4) is 6.07 Å². The molecular weight excluding hydrogens is 597 g/mol. The van der Waals surface area contributed by atoms with Gasteiger partial charge in [-0.3, -0.25) is 4.79 Å². The van der Waals surface area contributed by atoms with E-state index in [0.29, 0.717) is 43.7 Å². The van der Waals surface area contributed by atoms with Crippen LogP contribution in [0.5, 0.6) is 0 Å². The van der Waals surface area contributed by atoms with Gasteiger partial charge < -0.3 is 4.90 Å². The summed E-state index contributed by atoms with van der Waals surface area (Å²) in [5, 5.41) is 9.80. The van der Waals surface area contributed by atoms with Gasteiger partial charge in [0.05, 0.1) is 11.5 Å². The van der Waals surface area contributed by atoms with E-state index >= 15 is 4.79 Å². The number of fused-ring (bicyclic) bond motifs is 1. The zero-order valence-corrected chi connectivity index (χ0v) is 32.1. The molecule has 0 spiro atoms. The van der Waals surface area contributed by atoms with Gasteiger partial charge in [0.25, 0.3) is 0 Å². The normalized spacial score (nSPS) is 32.6. The Kier molecular flexibility index (Phi) is 10.6. The lowest BCUT2D eigenvalue weighted by Gasteiger charge is -2.53. The fourth-order valence-electron chi connectivity index (χ4n) is 10.3. The van der Waals surface area contributed by atoms with Crippen LogP contribution in [0.25, 0.3) is 0 Å². The van der Waals surface area contributed by atoms with Gasteiger partial charge in [0.2, 0.25) is 5.91 Å². The Bertz CT molecular complexity index is 1630. The minimum atomic E-state index is -0.708. The van der Waals surface area contributed by atoms with Crippen LogP contribution in [-0.2, 0) is 16.8 Å².